The minimum Gasteiger partial charge on any atom is -0.456 e. The van der Waals surface area contributed by atoms with Crippen LogP contribution in [0.5, 0.6) is 11.5 Å². The van der Waals surface area contributed by atoms with Crippen LogP contribution in [0, 0.1) is 0 Å². The van der Waals surface area contributed by atoms with E-state index in [0.29, 0.717) is 40.9 Å². The van der Waals surface area contributed by atoms with Gasteiger partial charge < -0.3 is 14.7 Å². The molecular formula is C20H18Br2ClN3O3. The number of aliphatic hydroxyl groups is 1. The summed E-state index contributed by atoms with van der Waals surface area (Å²) in [5, 5.41) is 16.2. The van der Waals surface area contributed by atoms with Crippen LogP contribution in [0.25, 0.3) is 0 Å². The number of rotatable bonds is 7. The second-order valence-electron chi connectivity index (χ2n) is 6.37. The van der Waals surface area contributed by atoms with E-state index < -0.39 is 0 Å². The molecule has 0 aliphatic rings. The van der Waals surface area contributed by atoms with Gasteiger partial charge in [0.25, 0.3) is 5.56 Å². The van der Waals surface area contributed by atoms with Gasteiger partial charge in [0.2, 0.25) is 0 Å². The average Bonchev–Trinajstić information content (AvgIpc) is 2.65. The third kappa shape index (κ3) is 5.82. The molecule has 29 heavy (non-hydrogen) atoms. The molecule has 0 saturated carbocycles. The molecule has 0 bridgehead atoms. The van der Waals surface area contributed by atoms with E-state index >= 15 is 0 Å². The first-order chi connectivity index (χ1) is 13.9. The van der Waals surface area contributed by atoms with Crippen LogP contribution in [0.15, 0.2) is 56.2 Å². The van der Waals surface area contributed by atoms with Gasteiger partial charge in [-0.15, -0.1) is 0 Å². The third-order valence-electron chi connectivity index (χ3n) is 4.13. The third-order valence-corrected chi connectivity index (χ3v) is 5.36. The number of aromatic amines is 1. The molecule has 9 heteroatoms. The van der Waals surface area contributed by atoms with E-state index in [1.165, 1.54) is 0 Å². The number of hydrogen-bond acceptors (Lipinski definition) is 5. The molecule has 0 aliphatic carbocycles. The van der Waals surface area contributed by atoms with Crippen LogP contribution in [0.2, 0.25) is 5.02 Å². The molecule has 1 aromatic heterocycles. The zero-order valence-corrected chi connectivity index (χ0v) is 19.4. The number of halogens is 3. The number of likely N-dealkylation sites (N-methyl/N-ethyl adjacent to an activating group) is 1. The van der Waals surface area contributed by atoms with E-state index in [1.54, 1.807) is 24.1 Å². The zero-order chi connectivity index (χ0) is 21.0. The predicted molar refractivity (Wildman–Crippen MR) is 121 cm³/mol. The normalized spacial score (nSPS) is 10.8. The molecule has 1 heterocycles. The smallest absolute Gasteiger partial charge is 0.287 e. The van der Waals surface area contributed by atoms with Gasteiger partial charge in [-0.2, -0.15) is 5.10 Å². The Morgan fingerprint density at radius 1 is 1.17 bits per heavy atom. The van der Waals surface area contributed by atoms with Crippen molar-refractivity contribution in [2.24, 2.45) is 0 Å². The summed E-state index contributed by atoms with van der Waals surface area (Å²) in [6.45, 7) is 0.310. The monoisotopic (exact) mass is 541 g/mol. The Labute approximate surface area is 189 Å². The summed E-state index contributed by atoms with van der Waals surface area (Å²) in [6.07, 6.45) is 0.479. The lowest BCUT2D eigenvalue weighted by molar-refractivity contribution is 0.304. The van der Waals surface area contributed by atoms with Crippen LogP contribution < -0.4 is 15.2 Å². The Morgan fingerprint density at radius 3 is 2.59 bits per heavy atom. The fraction of sp³-hybridized carbons (Fsp3) is 0.200. The number of aliphatic hydroxyl groups excluding tert-OH is 1. The molecular weight excluding hydrogens is 525 g/mol. The van der Waals surface area contributed by atoms with Crippen molar-refractivity contribution in [1.82, 2.24) is 10.2 Å². The highest BCUT2D eigenvalue weighted by atomic mass is 79.9. The van der Waals surface area contributed by atoms with E-state index in [0.717, 1.165) is 14.5 Å². The minimum atomic E-state index is -0.301. The van der Waals surface area contributed by atoms with Crippen LogP contribution in [0.4, 0.5) is 5.69 Å². The first kappa shape index (κ1) is 21.8. The number of nitrogens with zero attached hydrogens (tertiary/aromatic N) is 2. The number of anilines is 1. The highest BCUT2D eigenvalue weighted by Gasteiger charge is 2.11. The number of nitrogens with one attached hydrogen (secondary N) is 1. The SMILES string of the molecule is CN(CCO)c1cc(Cc2ccc(Cl)c(Oc3cc(Br)cc(Br)c3)c2)n[nH]c1=O. The topological polar surface area (TPSA) is 78.5 Å². The maximum Gasteiger partial charge on any atom is 0.287 e. The lowest BCUT2D eigenvalue weighted by atomic mass is 10.1. The van der Waals surface area contributed by atoms with E-state index in [9.17, 15) is 4.79 Å². The summed E-state index contributed by atoms with van der Waals surface area (Å²) in [4.78, 5) is 13.7. The summed E-state index contributed by atoms with van der Waals surface area (Å²) < 4.78 is 7.72. The fourth-order valence-electron chi connectivity index (χ4n) is 2.74. The lowest BCUT2D eigenvalue weighted by Gasteiger charge is -2.17. The van der Waals surface area contributed by atoms with Gasteiger partial charge in [0.15, 0.2) is 0 Å². The molecule has 2 aromatic carbocycles. The second kappa shape index (κ2) is 9.75. The molecule has 0 fully saturated rings. The van der Waals surface area contributed by atoms with Crippen molar-refractivity contribution in [2.45, 2.75) is 6.42 Å². The number of ether oxygens (including phenoxy) is 1. The van der Waals surface area contributed by atoms with Crippen LogP contribution in [0.1, 0.15) is 11.3 Å². The van der Waals surface area contributed by atoms with Crippen LogP contribution in [0.3, 0.4) is 0 Å². The molecule has 2 N–H and O–H groups in total. The van der Waals surface area contributed by atoms with Crippen molar-refractivity contribution < 1.29 is 9.84 Å². The Morgan fingerprint density at radius 2 is 1.90 bits per heavy atom. The summed E-state index contributed by atoms with van der Waals surface area (Å²) in [5.74, 6) is 1.16. The second-order valence-corrected chi connectivity index (χ2v) is 8.61. The molecule has 0 spiro atoms. The summed E-state index contributed by atoms with van der Waals surface area (Å²) in [7, 11) is 1.74. The van der Waals surface area contributed by atoms with Gasteiger partial charge in [-0.1, -0.05) is 49.5 Å². The quantitative estimate of drug-likeness (QED) is 0.449. The van der Waals surface area contributed by atoms with Gasteiger partial charge >= 0.3 is 0 Å². The van der Waals surface area contributed by atoms with Crippen LogP contribution >= 0.6 is 43.5 Å². The number of aromatic nitrogens is 2. The van der Waals surface area contributed by atoms with Crippen LogP contribution in [-0.4, -0.2) is 35.5 Å². The Balaban J connectivity index is 1.85. The molecule has 0 unspecified atom stereocenters. The Hall–Kier alpha value is -1.87. The molecule has 3 rings (SSSR count). The van der Waals surface area contributed by atoms with E-state index in [1.807, 2.05) is 30.3 Å². The van der Waals surface area contributed by atoms with Crippen molar-refractivity contribution in [3.05, 3.63) is 78.0 Å². The zero-order valence-electron chi connectivity index (χ0n) is 15.5. The number of benzene rings is 2. The first-order valence-electron chi connectivity index (χ1n) is 8.68. The summed E-state index contributed by atoms with van der Waals surface area (Å²) in [5.41, 5.74) is 1.76. The highest BCUT2D eigenvalue weighted by molar-refractivity contribution is 9.11. The van der Waals surface area contributed by atoms with Crippen molar-refractivity contribution >= 4 is 49.1 Å². The molecule has 0 aliphatic heterocycles. The van der Waals surface area contributed by atoms with Gasteiger partial charge in [-0.05, 0) is 42.0 Å². The van der Waals surface area contributed by atoms with Crippen molar-refractivity contribution in [3.63, 3.8) is 0 Å². The van der Waals surface area contributed by atoms with Gasteiger partial charge in [0.1, 0.15) is 17.2 Å². The number of H-pyrrole nitrogens is 1. The largest absolute Gasteiger partial charge is 0.456 e. The fourth-order valence-corrected chi connectivity index (χ4v) is 4.15. The van der Waals surface area contributed by atoms with Crippen molar-refractivity contribution in [3.8, 4) is 11.5 Å². The highest BCUT2D eigenvalue weighted by Crippen LogP contribution is 2.33. The molecule has 152 valence electrons. The van der Waals surface area contributed by atoms with E-state index in [2.05, 4.69) is 42.1 Å². The van der Waals surface area contributed by atoms with E-state index in [-0.39, 0.29) is 12.2 Å². The molecule has 0 radical (unpaired) electrons. The standard InChI is InChI=1S/C20H18Br2ClN3O3/c1-26(4-5-27)18-11-15(24-25-20(18)28)6-12-2-3-17(23)19(7-12)29-16-9-13(21)8-14(22)10-16/h2-3,7-11,27H,4-6H2,1H3,(H,25,28). The van der Waals surface area contributed by atoms with Crippen LogP contribution in [-0.2, 0) is 6.42 Å². The molecule has 0 saturated heterocycles. The van der Waals surface area contributed by atoms with Gasteiger partial charge in [0, 0.05) is 29.0 Å². The summed E-state index contributed by atoms with van der Waals surface area (Å²) >= 11 is 13.2. The maximum atomic E-state index is 12.0. The van der Waals surface area contributed by atoms with Gasteiger partial charge in [0.05, 0.1) is 17.3 Å². The van der Waals surface area contributed by atoms with Gasteiger partial charge in [-0.3, -0.25) is 4.79 Å². The number of hydrogen-bond donors (Lipinski definition) is 2. The molecule has 0 atom stereocenters. The maximum absolute atomic E-state index is 12.0. The Kier molecular flexibility index (Phi) is 7.34. The first-order valence-corrected chi connectivity index (χ1v) is 10.6. The van der Waals surface area contributed by atoms with Gasteiger partial charge in [-0.25, -0.2) is 5.10 Å². The molecule has 0 amide bonds. The molecule has 6 nitrogen and oxygen atoms in total. The summed E-state index contributed by atoms with van der Waals surface area (Å²) in [6, 6.07) is 12.8. The van der Waals surface area contributed by atoms with E-state index in [4.69, 9.17) is 21.4 Å². The minimum absolute atomic E-state index is 0.0445. The molecule has 3 aromatic rings. The predicted octanol–water partition coefficient (Wildman–Crippen LogP) is 4.76. The lowest BCUT2D eigenvalue weighted by Crippen LogP contribution is -2.28. The van der Waals surface area contributed by atoms with Crippen molar-refractivity contribution in [2.75, 3.05) is 25.1 Å². The van der Waals surface area contributed by atoms with Crippen molar-refractivity contribution in [1.29, 1.82) is 0 Å². The Bertz CT molecular complexity index is 1050. The average molecular weight is 544 g/mol.